The van der Waals surface area contributed by atoms with Crippen LogP contribution in [0.5, 0.6) is 0 Å². The summed E-state index contributed by atoms with van der Waals surface area (Å²) in [7, 11) is 0. The monoisotopic (exact) mass is 411 g/mol. The first-order valence-corrected chi connectivity index (χ1v) is 8.10. The summed E-state index contributed by atoms with van der Waals surface area (Å²) in [6, 6.07) is 0. The Morgan fingerprint density at radius 2 is 2.14 bits per heavy atom. The van der Waals surface area contributed by atoms with E-state index in [-0.39, 0.29) is 24.0 Å². The lowest BCUT2D eigenvalue weighted by Crippen LogP contribution is -2.38. The zero-order valence-corrected chi connectivity index (χ0v) is 15.4. The van der Waals surface area contributed by atoms with Gasteiger partial charge in [-0.25, -0.2) is 0 Å². The molecule has 2 fully saturated rings. The molecule has 1 atom stereocenters. The molecule has 1 aliphatic carbocycles. The number of aliphatic imine (C=N–C) groups is 1. The van der Waals surface area contributed by atoms with Gasteiger partial charge < -0.3 is 20.1 Å². The van der Waals surface area contributed by atoms with Gasteiger partial charge in [-0.15, -0.1) is 24.0 Å². The van der Waals surface area contributed by atoms with Gasteiger partial charge in [-0.05, 0) is 44.9 Å². The predicted octanol–water partition coefficient (Wildman–Crippen LogP) is 2.16. The molecule has 2 rings (SSSR count). The zero-order valence-electron chi connectivity index (χ0n) is 13.1. The molecule has 0 aromatic rings. The van der Waals surface area contributed by atoms with Crippen molar-refractivity contribution in [3.05, 3.63) is 0 Å². The minimum Gasteiger partial charge on any atom is -0.381 e. The zero-order chi connectivity index (χ0) is 14.0. The van der Waals surface area contributed by atoms with Crippen molar-refractivity contribution in [2.24, 2.45) is 10.9 Å². The van der Waals surface area contributed by atoms with E-state index in [0.29, 0.717) is 6.10 Å². The van der Waals surface area contributed by atoms with Crippen LogP contribution in [0.15, 0.2) is 4.99 Å². The summed E-state index contributed by atoms with van der Waals surface area (Å²) >= 11 is 0. The van der Waals surface area contributed by atoms with Crippen LogP contribution in [0.4, 0.5) is 0 Å². The second kappa shape index (κ2) is 11.5. The Balaban J connectivity index is 0.00000220. The van der Waals surface area contributed by atoms with Crippen molar-refractivity contribution in [3.8, 4) is 0 Å². The first kappa shape index (κ1) is 19.0. The second-order valence-electron chi connectivity index (χ2n) is 5.65. The number of nitrogens with zero attached hydrogens (tertiary/aromatic N) is 1. The van der Waals surface area contributed by atoms with Crippen LogP contribution in [-0.2, 0) is 9.47 Å². The van der Waals surface area contributed by atoms with Crippen LogP contribution in [0.3, 0.4) is 0 Å². The maximum Gasteiger partial charge on any atom is 0.191 e. The molecule has 6 heteroatoms. The largest absolute Gasteiger partial charge is 0.381 e. The van der Waals surface area contributed by atoms with Gasteiger partial charge in [0, 0.05) is 32.9 Å². The Labute approximate surface area is 145 Å². The number of nitrogens with one attached hydrogen (secondary N) is 2. The van der Waals surface area contributed by atoms with Crippen molar-refractivity contribution in [1.82, 2.24) is 10.6 Å². The SMILES string of the molecule is CCNC(=NCC1CCCO1)NCCCOCC1CC1.I. The molecule has 0 aromatic carbocycles. The van der Waals surface area contributed by atoms with E-state index in [1.54, 1.807) is 0 Å². The Hall–Kier alpha value is -0.0800. The molecule has 1 saturated carbocycles. The quantitative estimate of drug-likeness (QED) is 0.264. The van der Waals surface area contributed by atoms with Gasteiger partial charge in [0.05, 0.1) is 12.6 Å². The molecule has 0 bridgehead atoms. The first-order valence-electron chi connectivity index (χ1n) is 8.10. The molecule has 1 unspecified atom stereocenters. The molecule has 0 radical (unpaired) electrons. The predicted molar refractivity (Wildman–Crippen MR) is 96.5 cm³/mol. The van der Waals surface area contributed by atoms with E-state index in [1.807, 2.05) is 0 Å². The number of halogens is 1. The fourth-order valence-corrected chi connectivity index (χ4v) is 2.24. The summed E-state index contributed by atoms with van der Waals surface area (Å²) in [6.07, 6.45) is 6.36. The molecule has 124 valence electrons. The molecule has 21 heavy (non-hydrogen) atoms. The summed E-state index contributed by atoms with van der Waals surface area (Å²) in [4.78, 5) is 4.58. The summed E-state index contributed by atoms with van der Waals surface area (Å²) < 4.78 is 11.2. The maximum absolute atomic E-state index is 5.62. The summed E-state index contributed by atoms with van der Waals surface area (Å²) in [6.45, 7) is 7.32. The van der Waals surface area contributed by atoms with E-state index in [0.717, 1.165) is 64.2 Å². The van der Waals surface area contributed by atoms with Gasteiger partial charge in [-0.3, -0.25) is 4.99 Å². The van der Waals surface area contributed by atoms with Crippen LogP contribution < -0.4 is 10.6 Å². The smallest absolute Gasteiger partial charge is 0.191 e. The van der Waals surface area contributed by atoms with Gasteiger partial charge in [-0.1, -0.05) is 0 Å². The van der Waals surface area contributed by atoms with Crippen LogP contribution in [0, 0.1) is 5.92 Å². The molecule has 2 N–H and O–H groups in total. The Kier molecular flexibility index (Phi) is 10.4. The highest BCUT2D eigenvalue weighted by Crippen LogP contribution is 2.28. The van der Waals surface area contributed by atoms with Crippen LogP contribution in [0.25, 0.3) is 0 Å². The minimum absolute atomic E-state index is 0. The summed E-state index contributed by atoms with van der Waals surface area (Å²) in [5.74, 6) is 1.75. The molecule has 2 aliphatic rings. The first-order chi connectivity index (χ1) is 9.88. The summed E-state index contributed by atoms with van der Waals surface area (Å²) in [5, 5.41) is 6.62. The number of ether oxygens (including phenoxy) is 2. The molecule has 0 aromatic heterocycles. The summed E-state index contributed by atoms with van der Waals surface area (Å²) in [5.41, 5.74) is 0. The van der Waals surface area contributed by atoms with Gasteiger partial charge in [0.2, 0.25) is 0 Å². The van der Waals surface area contributed by atoms with Gasteiger partial charge in [0.25, 0.3) is 0 Å². The number of hydrogen-bond donors (Lipinski definition) is 2. The lowest BCUT2D eigenvalue weighted by atomic mass is 10.2. The van der Waals surface area contributed by atoms with Gasteiger partial charge in [0.1, 0.15) is 0 Å². The lowest BCUT2D eigenvalue weighted by Gasteiger charge is -2.13. The normalized spacial score (nSPS) is 22.0. The van der Waals surface area contributed by atoms with E-state index in [2.05, 4.69) is 22.5 Å². The number of rotatable bonds is 9. The maximum atomic E-state index is 5.62. The molecule has 1 heterocycles. The van der Waals surface area contributed by atoms with E-state index in [9.17, 15) is 0 Å². The highest BCUT2D eigenvalue weighted by Gasteiger charge is 2.20. The molecular weight excluding hydrogens is 381 g/mol. The molecule has 1 aliphatic heterocycles. The van der Waals surface area contributed by atoms with Crippen molar-refractivity contribution >= 4 is 29.9 Å². The third-order valence-electron chi connectivity index (χ3n) is 3.63. The van der Waals surface area contributed by atoms with Crippen molar-refractivity contribution in [3.63, 3.8) is 0 Å². The van der Waals surface area contributed by atoms with Crippen molar-refractivity contribution < 1.29 is 9.47 Å². The Morgan fingerprint density at radius 3 is 2.81 bits per heavy atom. The fourth-order valence-electron chi connectivity index (χ4n) is 2.24. The van der Waals surface area contributed by atoms with Gasteiger partial charge >= 0.3 is 0 Å². The van der Waals surface area contributed by atoms with Crippen LogP contribution in [-0.4, -0.2) is 51.5 Å². The van der Waals surface area contributed by atoms with E-state index < -0.39 is 0 Å². The molecule has 0 amide bonds. The molecular formula is C15H30IN3O2. The van der Waals surface area contributed by atoms with Crippen LogP contribution >= 0.6 is 24.0 Å². The van der Waals surface area contributed by atoms with Crippen LogP contribution in [0.1, 0.15) is 39.0 Å². The number of hydrogen-bond acceptors (Lipinski definition) is 3. The van der Waals surface area contributed by atoms with E-state index >= 15 is 0 Å². The van der Waals surface area contributed by atoms with Crippen molar-refractivity contribution in [1.29, 1.82) is 0 Å². The fraction of sp³-hybridized carbons (Fsp3) is 0.933. The topological polar surface area (TPSA) is 54.9 Å². The molecule has 1 saturated heterocycles. The third-order valence-corrected chi connectivity index (χ3v) is 3.63. The molecule has 0 spiro atoms. The van der Waals surface area contributed by atoms with Gasteiger partial charge in [-0.2, -0.15) is 0 Å². The highest BCUT2D eigenvalue weighted by molar-refractivity contribution is 14.0. The van der Waals surface area contributed by atoms with Crippen LogP contribution in [0.2, 0.25) is 0 Å². The van der Waals surface area contributed by atoms with Gasteiger partial charge in [0.15, 0.2) is 5.96 Å². The highest BCUT2D eigenvalue weighted by atomic mass is 127. The third kappa shape index (κ3) is 8.83. The van der Waals surface area contributed by atoms with Crippen molar-refractivity contribution in [2.45, 2.75) is 45.1 Å². The average Bonchev–Trinajstić information content (AvgIpc) is 3.13. The second-order valence-corrected chi connectivity index (χ2v) is 5.65. The minimum atomic E-state index is 0. The van der Waals surface area contributed by atoms with Crippen molar-refractivity contribution in [2.75, 3.05) is 39.5 Å². The number of guanidine groups is 1. The lowest BCUT2D eigenvalue weighted by molar-refractivity contribution is 0.117. The Morgan fingerprint density at radius 1 is 1.29 bits per heavy atom. The van der Waals surface area contributed by atoms with E-state index in [4.69, 9.17) is 9.47 Å². The standard InChI is InChI=1S/C15H29N3O2.HI/c1-2-16-15(18-11-14-5-3-10-20-14)17-8-4-9-19-12-13-6-7-13;/h13-14H,2-12H2,1H3,(H2,16,17,18);1H. The van der Waals surface area contributed by atoms with E-state index in [1.165, 1.54) is 19.3 Å². The molecule has 5 nitrogen and oxygen atoms in total. The average molecular weight is 411 g/mol. The Bertz CT molecular complexity index is 293.